The lowest BCUT2D eigenvalue weighted by atomic mass is 9.90. The van der Waals surface area contributed by atoms with E-state index in [9.17, 15) is 5.11 Å². The van der Waals surface area contributed by atoms with Crippen LogP contribution in [0, 0.1) is 0 Å². The third kappa shape index (κ3) is 1.55. The van der Waals surface area contributed by atoms with Crippen molar-refractivity contribution in [2.75, 3.05) is 0 Å². The zero-order valence-electron chi connectivity index (χ0n) is 8.45. The highest BCUT2D eigenvalue weighted by molar-refractivity contribution is 5.43. The Morgan fingerprint density at radius 1 is 1.50 bits per heavy atom. The second-order valence-corrected chi connectivity index (χ2v) is 4.39. The highest BCUT2D eigenvalue weighted by Gasteiger charge is 2.31. The summed E-state index contributed by atoms with van der Waals surface area (Å²) in [4.78, 5) is 0. The fourth-order valence-corrected chi connectivity index (χ4v) is 1.90. The van der Waals surface area contributed by atoms with E-state index in [-0.39, 0.29) is 17.4 Å². The number of benzene rings is 1. The number of aromatic hydroxyl groups is 1. The second-order valence-electron chi connectivity index (χ2n) is 4.39. The van der Waals surface area contributed by atoms with Crippen molar-refractivity contribution in [1.29, 1.82) is 0 Å². The van der Waals surface area contributed by atoms with Crippen LogP contribution in [0.5, 0.6) is 11.5 Å². The molecule has 0 amide bonds. The summed E-state index contributed by atoms with van der Waals surface area (Å²) in [6.45, 7) is 4.03. The number of ether oxygens (including phenoxy) is 1. The molecule has 1 aliphatic heterocycles. The minimum absolute atomic E-state index is 0.0548. The average molecular weight is 193 g/mol. The summed E-state index contributed by atoms with van der Waals surface area (Å²) in [5.74, 6) is 1.02. The molecule has 3 N–H and O–H groups in total. The molecule has 0 bridgehead atoms. The Morgan fingerprint density at radius 3 is 2.93 bits per heavy atom. The van der Waals surface area contributed by atoms with Crippen molar-refractivity contribution in [2.24, 2.45) is 5.73 Å². The van der Waals surface area contributed by atoms with Gasteiger partial charge in [-0.1, -0.05) is 0 Å². The van der Waals surface area contributed by atoms with Crippen LogP contribution < -0.4 is 10.5 Å². The van der Waals surface area contributed by atoms with Crippen molar-refractivity contribution in [3.63, 3.8) is 0 Å². The summed E-state index contributed by atoms with van der Waals surface area (Å²) in [7, 11) is 0. The van der Waals surface area contributed by atoms with Gasteiger partial charge in [0.2, 0.25) is 0 Å². The molecule has 1 aromatic carbocycles. The summed E-state index contributed by atoms with van der Waals surface area (Å²) >= 11 is 0. The van der Waals surface area contributed by atoms with Gasteiger partial charge in [-0.2, -0.15) is 0 Å². The van der Waals surface area contributed by atoms with Gasteiger partial charge in [0, 0.05) is 18.0 Å². The number of phenolic OH excluding ortho intramolecular Hbond substituents is 1. The molecule has 1 unspecified atom stereocenters. The molecule has 1 aliphatic rings. The predicted octanol–water partition coefficient (Wildman–Crippen LogP) is 1.95. The molecule has 1 heterocycles. The molecule has 1 aromatic rings. The zero-order chi connectivity index (χ0) is 10.3. The van der Waals surface area contributed by atoms with Crippen LogP contribution in [0.25, 0.3) is 0 Å². The van der Waals surface area contributed by atoms with Crippen LogP contribution in [0.3, 0.4) is 0 Å². The number of fused-ring (bicyclic) bond motifs is 1. The van der Waals surface area contributed by atoms with Gasteiger partial charge in [-0.3, -0.25) is 0 Å². The van der Waals surface area contributed by atoms with Gasteiger partial charge < -0.3 is 15.6 Å². The van der Waals surface area contributed by atoms with Crippen LogP contribution in [0.4, 0.5) is 0 Å². The Kier molecular flexibility index (Phi) is 1.93. The van der Waals surface area contributed by atoms with Gasteiger partial charge in [0.25, 0.3) is 0 Å². The maximum Gasteiger partial charge on any atom is 0.125 e. The summed E-state index contributed by atoms with van der Waals surface area (Å²) < 4.78 is 5.75. The fourth-order valence-electron chi connectivity index (χ4n) is 1.90. The SMILES string of the molecule is CC1(C)CC(N)c2cc(O)ccc2O1. The van der Waals surface area contributed by atoms with Gasteiger partial charge >= 0.3 is 0 Å². The highest BCUT2D eigenvalue weighted by atomic mass is 16.5. The Balaban J connectivity index is 2.45. The summed E-state index contributed by atoms with van der Waals surface area (Å²) in [6.07, 6.45) is 0.767. The molecule has 0 aromatic heterocycles. The molecule has 3 heteroatoms. The van der Waals surface area contributed by atoms with Crippen LogP contribution in [-0.2, 0) is 0 Å². The van der Waals surface area contributed by atoms with Crippen LogP contribution in [0.15, 0.2) is 18.2 Å². The van der Waals surface area contributed by atoms with E-state index in [0.717, 1.165) is 17.7 Å². The largest absolute Gasteiger partial charge is 0.508 e. The van der Waals surface area contributed by atoms with E-state index in [1.54, 1.807) is 18.2 Å². The number of hydrogen-bond acceptors (Lipinski definition) is 3. The summed E-state index contributed by atoms with van der Waals surface area (Å²) in [5, 5.41) is 9.32. The molecule has 14 heavy (non-hydrogen) atoms. The molecule has 0 aliphatic carbocycles. The first kappa shape index (κ1) is 9.34. The lowest BCUT2D eigenvalue weighted by Gasteiger charge is -2.36. The molecule has 0 spiro atoms. The number of hydrogen-bond donors (Lipinski definition) is 2. The van der Waals surface area contributed by atoms with Crippen molar-refractivity contribution in [2.45, 2.75) is 31.9 Å². The van der Waals surface area contributed by atoms with Gasteiger partial charge in [-0.05, 0) is 32.0 Å². The Bertz CT molecular complexity index is 360. The van der Waals surface area contributed by atoms with Gasteiger partial charge in [0.1, 0.15) is 17.1 Å². The molecule has 0 fully saturated rings. The number of phenols is 1. The summed E-state index contributed by atoms with van der Waals surface area (Å²) in [6, 6.07) is 5.01. The minimum atomic E-state index is -0.219. The maximum atomic E-state index is 9.32. The monoisotopic (exact) mass is 193 g/mol. The van der Waals surface area contributed by atoms with Gasteiger partial charge in [0.05, 0.1) is 0 Å². The molecule has 76 valence electrons. The van der Waals surface area contributed by atoms with Crippen molar-refractivity contribution >= 4 is 0 Å². The standard InChI is InChI=1S/C11H15NO2/c1-11(2)6-9(12)8-5-7(13)3-4-10(8)14-11/h3-5,9,13H,6,12H2,1-2H3. The predicted molar refractivity (Wildman–Crippen MR) is 54.4 cm³/mol. The van der Waals surface area contributed by atoms with Crippen LogP contribution in [0.1, 0.15) is 31.9 Å². The van der Waals surface area contributed by atoms with Gasteiger partial charge in [0.15, 0.2) is 0 Å². The first-order valence-corrected chi connectivity index (χ1v) is 4.75. The topological polar surface area (TPSA) is 55.5 Å². The fraction of sp³-hybridized carbons (Fsp3) is 0.455. The Morgan fingerprint density at radius 2 is 2.21 bits per heavy atom. The average Bonchev–Trinajstić information content (AvgIpc) is 2.05. The van der Waals surface area contributed by atoms with E-state index in [2.05, 4.69) is 0 Å². The van der Waals surface area contributed by atoms with Crippen molar-refractivity contribution in [3.8, 4) is 11.5 Å². The first-order chi connectivity index (χ1) is 6.48. The van der Waals surface area contributed by atoms with E-state index < -0.39 is 0 Å². The van der Waals surface area contributed by atoms with E-state index in [0.29, 0.717) is 0 Å². The number of nitrogens with two attached hydrogens (primary N) is 1. The highest BCUT2D eigenvalue weighted by Crippen LogP contribution is 2.39. The van der Waals surface area contributed by atoms with E-state index in [1.165, 1.54) is 0 Å². The normalized spacial score (nSPS) is 23.8. The van der Waals surface area contributed by atoms with Crippen molar-refractivity contribution in [3.05, 3.63) is 23.8 Å². The van der Waals surface area contributed by atoms with Crippen LogP contribution in [-0.4, -0.2) is 10.7 Å². The van der Waals surface area contributed by atoms with Crippen molar-refractivity contribution in [1.82, 2.24) is 0 Å². The molecule has 3 nitrogen and oxygen atoms in total. The zero-order valence-corrected chi connectivity index (χ0v) is 8.45. The minimum Gasteiger partial charge on any atom is -0.508 e. The molecule has 1 atom stereocenters. The quantitative estimate of drug-likeness (QED) is 0.662. The molecular weight excluding hydrogens is 178 g/mol. The molecule has 0 saturated carbocycles. The van der Waals surface area contributed by atoms with Crippen LogP contribution >= 0.6 is 0 Å². The number of rotatable bonds is 0. The van der Waals surface area contributed by atoms with E-state index in [4.69, 9.17) is 10.5 Å². The first-order valence-electron chi connectivity index (χ1n) is 4.75. The molecule has 2 rings (SSSR count). The van der Waals surface area contributed by atoms with E-state index >= 15 is 0 Å². The molecular formula is C11H15NO2. The lowest BCUT2D eigenvalue weighted by Crippen LogP contribution is -2.37. The summed E-state index contributed by atoms with van der Waals surface area (Å²) in [5.41, 5.74) is 6.67. The third-order valence-corrected chi connectivity index (χ3v) is 2.49. The molecule has 0 saturated heterocycles. The van der Waals surface area contributed by atoms with E-state index in [1.807, 2.05) is 13.8 Å². The second kappa shape index (κ2) is 2.89. The van der Waals surface area contributed by atoms with Gasteiger partial charge in [-0.25, -0.2) is 0 Å². The van der Waals surface area contributed by atoms with Crippen molar-refractivity contribution < 1.29 is 9.84 Å². The third-order valence-electron chi connectivity index (χ3n) is 2.49. The van der Waals surface area contributed by atoms with Crippen LogP contribution in [0.2, 0.25) is 0 Å². The Hall–Kier alpha value is -1.22. The maximum absolute atomic E-state index is 9.32. The Labute approximate surface area is 83.5 Å². The lowest BCUT2D eigenvalue weighted by molar-refractivity contribution is 0.0727. The smallest absolute Gasteiger partial charge is 0.125 e. The molecule has 0 radical (unpaired) electrons. The van der Waals surface area contributed by atoms with Gasteiger partial charge in [-0.15, -0.1) is 0 Å².